The first-order valence-corrected chi connectivity index (χ1v) is 8.32. The fourth-order valence-corrected chi connectivity index (χ4v) is 2.65. The van der Waals surface area contributed by atoms with E-state index in [1.807, 2.05) is 13.0 Å². The van der Waals surface area contributed by atoms with Gasteiger partial charge in [0.05, 0.1) is 0 Å². The van der Waals surface area contributed by atoms with Crippen molar-refractivity contribution >= 4 is 17.5 Å². The number of nitrogens with zero attached hydrogens (tertiary/aromatic N) is 3. The second-order valence-electron chi connectivity index (χ2n) is 6.79. The lowest BCUT2D eigenvalue weighted by molar-refractivity contribution is 0.592. The van der Waals surface area contributed by atoms with Gasteiger partial charge in [0.25, 0.3) is 0 Å². The van der Waals surface area contributed by atoms with E-state index < -0.39 is 0 Å². The number of aryl methyl sites for hydroxylation is 1. The number of rotatable bonds is 5. The van der Waals surface area contributed by atoms with E-state index >= 15 is 0 Å². The molecule has 0 unspecified atom stereocenters. The minimum atomic E-state index is 0.0768. The number of hydrogen-bond acceptors (Lipinski definition) is 4. The Bertz CT molecular complexity index is 655. The molecule has 0 amide bonds. The highest BCUT2D eigenvalue weighted by Crippen LogP contribution is 2.31. The average molecular weight is 312 g/mol. The highest BCUT2D eigenvalue weighted by molar-refractivity contribution is 5.63. The molecule has 124 valence electrons. The third-order valence-electron chi connectivity index (χ3n) is 3.89. The molecule has 2 aromatic rings. The van der Waals surface area contributed by atoms with E-state index in [1.165, 1.54) is 5.56 Å². The monoisotopic (exact) mass is 312 g/mol. The number of anilines is 3. The molecule has 0 atom stereocenters. The maximum atomic E-state index is 4.70. The van der Waals surface area contributed by atoms with Crippen molar-refractivity contribution in [2.45, 2.75) is 47.0 Å². The zero-order valence-electron chi connectivity index (χ0n) is 15.1. The van der Waals surface area contributed by atoms with Crippen LogP contribution in [0.5, 0.6) is 0 Å². The van der Waals surface area contributed by atoms with Gasteiger partial charge in [-0.25, -0.2) is 4.98 Å². The molecule has 0 aliphatic rings. The molecule has 0 aliphatic heterocycles. The molecule has 0 spiro atoms. The number of hydrogen-bond donors (Lipinski definition) is 1. The Labute approximate surface area is 140 Å². The summed E-state index contributed by atoms with van der Waals surface area (Å²) in [5.74, 6) is 1.63. The third kappa shape index (κ3) is 4.21. The van der Waals surface area contributed by atoms with E-state index in [4.69, 9.17) is 4.98 Å². The number of aromatic nitrogens is 2. The van der Waals surface area contributed by atoms with Gasteiger partial charge in [0.2, 0.25) is 5.95 Å². The Morgan fingerprint density at radius 2 is 1.70 bits per heavy atom. The summed E-state index contributed by atoms with van der Waals surface area (Å²) in [6.45, 7) is 14.7. The maximum Gasteiger partial charge on any atom is 0.227 e. The summed E-state index contributed by atoms with van der Waals surface area (Å²) >= 11 is 0. The van der Waals surface area contributed by atoms with Crippen LogP contribution in [0.15, 0.2) is 30.3 Å². The predicted octanol–water partition coefficient (Wildman–Crippen LogP) is 4.67. The van der Waals surface area contributed by atoms with E-state index in [-0.39, 0.29) is 5.41 Å². The van der Waals surface area contributed by atoms with Crippen LogP contribution < -0.4 is 10.2 Å². The molecule has 0 bridgehead atoms. The summed E-state index contributed by atoms with van der Waals surface area (Å²) in [5, 5.41) is 3.49. The molecule has 1 aromatic heterocycles. The molecule has 4 heteroatoms. The standard InChI is InChI=1S/C19H28N4/c1-7-23(8-2)18-20-14(3)13-17(22-18)21-16-12-10-9-11-15(16)19(4,5)6/h9-13H,7-8H2,1-6H3,(H,20,21,22). The zero-order valence-corrected chi connectivity index (χ0v) is 15.1. The minimum Gasteiger partial charge on any atom is -0.341 e. The Balaban J connectivity index is 2.38. The van der Waals surface area contributed by atoms with E-state index in [0.717, 1.165) is 36.2 Å². The summed E-state index contributed by atoms with van der Waals surface area (Å²) in [5.41, 5.74) is 3.43. The van der Waals surface area contributed by atoms with Crippen LogP contribution in [0.3, 0.4) is 0 Å². The van der Waals surface area contributed by atoms with Crippen LogP contribution in [0.25, 0.3) is 0 Å². The average Bonchev–Trinajstić information content (AvgIpc) is 2.47. The van der Waals surface area contributed by atoms with Crippen LogP contribution in [0.4, 0.5) is 17.5 Å². The van der Waals surface area contributed by atoms with Gasteiger partial charge in [-0.2, -0.15) is 4.98 Å². The second-order valence-corrected chi connectivity index (χ2v) is 6.79. The van der Waals surface area contributed by atoms with Gasteiger partial charge in [-0.1, -0.05) is 39.0 Å². The lowest BCUT2D eigenvalue weighted by atomic mass is 9.86. The lowest BCUT2D eigenvalue weighted by Gasteiger charge is -2.24. The van der Waals surface area contributed by atoms with Gasteiger partial charge >= 0.3 is 0 Å². The van der Waals surface area contributed by atoms with Crippen LogP contribution in [0, 0.1) is 6.92 Å². The van der Waals surface area contributed by atoms with Crippen LogP contribution in [-0.4, -0.2) is 23.1 Å². The molecule has 0 saturated heterocycles. The van der Waals surface area contributed by atoms with Crippen LogP contribution >= 0.6 is 0 Å². The van der Waals surface area contributed by atoms with Crippen molar-refractivity contribution in [3.63, 3.8) is 0 Å². The summed E-state index contributed by atoms with van der Waals surface area (Å²) in [6, 6.07) is 10.4. The highest BCUT2D eigenvalue weighted by Gasteiger charge is 2.18. The van der Waals surface area contributed by atoms with Crippen LogP contribution in [0.1, 0.15) is 45.9 Å². The first kappa shape index (κ1) is 17.3. The first-order valence-electron chi connectivity index (χ1n) is 8.32. The van der Waals surface area contributed by atoms with Gasteiger partial charge in [0.1, 0.15) is 5.82 Å². The summed E-state index contributed by atoms with van der Waals surface area (Å²) in [4.78, 5) is 11.4. The van der Waals surface area contributed by atoms with Crippen molar-refractivity contribution in [3.8, 4) is 0 Å². The fraction of sp³-hybridized carbons (Fsp3) is 0.474. The maximum absolute atomic E-state index is 4.70. The van der Waals surface area contributed by atoms with Gasteiger partial charge in [0.15, 0.2) is 0 Å². The molecular weight excluding hydrogens is 284 g/mol. The van der Waals surface area contributed by atoms with Gasteiger partial charge in [0, 0.05) is 30.5 Å². The smallest absolute Gasteiger partial charge is 0.227 e. The molecular formula is C19H28N4. The molecule has 2 rings (SSSR count). The summed E-state index contributed by atoms with van der Waals surface area (Å²) < 4.78 is 0. The fourth-order valence-electron chi connectivity index (χ4n) is 2.65. The van der Waals surface area contributed by atoms with Crippen molar-refractivity contribution in [2.75, 3.05) is 23.3 Å². The Kier molecular flexibility index (Phi) is 5.24. The summed E-state index contributed by atoms with van der Waals surface area (Å²) in [7, 11) is 0. The third-order valence-corrected chi connectivity index (χ3v) is 3.89. The molecule has 0 aliphatic carbocycles. The van der Waals surface area contributed by atoms with E-state index in [0.29, 0.717) is 0 Å². The van der Waals surface area contributed by atoms with Crippen molar-refractivity contribution in [1.82, 2.24) is 9.97 Å². The SMILES string of the molecule is CCN(CC)c1nc(C)cc(Nc2ccccc2C(C)(C)C)n1. The first-order chi connectivity index (χ1) is 10.8. The molecule has 1 N–H and O–H groups in total. The van der Waals surface area contributed by atoms with Crippen molar-refractivity contribution < 1.29 is 0 Å². The second kappa shape index (κ2) is 6.99. The van der Waals surface area contributed by atoms with Gasteiger partial charge in [-0.05, 0) is 37.8 Å². The van der Waals surface area contributed by atoms with E-state index in [9.17, 15) is 0 Å². The Morgan fingerprint density at radius 1 is 1.04 bits per heavy atom. The van der Waals surface area contributed by atoms with Gasteiger partial charge in [-0.15, -0.1) is 0 Å². The lowest BCUT2D eigenvalue weighted by Crippen LogP contribution is -2.24. The van der Waals surface area contributed by atoms with Crippen LogP contribution in [-0.2, 0) is 5.41 Å². The molecule has 0 fully saturated rings. The van der Waals surface area contributed by atoms with Gasteiger partial charge in [-0.3, -0.25) is 0 Å². The Hall–Kier alpha value is -2.10. The highest BCUT2D eigenvalue weighted by atomic mass is 15.3. The summed E-state index contributed by atoms with van der Waals surface area (Å²) in [6.07, 6.45) is 0. The zero-order chi connectivity index (χ0) is 17.0. The molecule has 23 heavy (non-hydrogen) atoms. The number of benzene rings is 1. The molecule has 1 heterocycles. The van der Waals surface area contributed by atoms with Gasteiger partial charge < -0.3 is 10.2 Å². The topological polar surface area (TPSA) is 41.1 Å². The molecule has 0 radical (unpaired) electrons. The van der Waals surface area contributed by atoms with E-state index in [1.54, 1.807) is 0 Å². The normalized spacial score (nSPS) is 11.4. The number of nitrogens with one attached hydrogen (secondary N) is 1. The van der Waals surface area contributed by atoms with Crippen molar-refractivity contribution in [2.24, 2.45) is 0 Å². The molecule has 1 aromatic carbocycles. The van der Waals surface area contributed by atoms with Crippen molar-refractivity contribution in [1.29, 1.82) is 0 Å². The van der Waals surface area contributed by atoms with E-state index in [2.05, 4.69) is 74.1 Å². The number of para-hydroxylation sites is 1. The molecule has 0 saturated carbocycles. The largest absolute Gasteiger partial charge is 0.341 e. The Morgan fingerprint density at radius 3 is 2.30 bits per heavy atom. The quantitative estimate of drug-likeness (QED) is 0.871. The minimum absolute atomic E-state index is 0.0768. The van der Waals surface area contributed by atoms with Crippen molar-refractivity contribution in [3.05, 3.63) is 41.6 Å². The predicted molar refractivity (Wildman–Crippen MR) is 98.8 cm³/mol. The van der Waals surface area contributed by atoms with Crippen LogP contribution in [0.2, 0.25) is 0 Å². The molecule has 4 nitrogen and oxygen atoms in total.